The number of fused-ring (bicyclic) bond motifs is 1. The predicted octanol–water partition coefficient (Wildman–Crippen LogP) is 4.55. The van der Waals surface area contributed by atoms with Gasteiger partial charge in [-0.2, -0.15) is 4.36 Å². The molecule has 158 valence electrons. The molecule has 0 bridgehead atoms. The lowest BCUT2D eigenvalue weighted by molar-refractivity contribution is -0.144. The Bertz CT molecular complexity index is 1250. The number of aryl methyl sites for hydroxylation is 1. The first-order chi connectivity index (χ1) is 14.0. The van der Waals surface area contributed by atoms with Crippen LogP contribution in [0.25, 0.3) is 10.9 Å². The minimum atomic E-state index is -2.31. The second kappa shape index (κ2) is 8.45. The second-order valence-electron chi connectivity index (χ2n) is 7.02. The zero-order chi connectivity index (χ0) is 22.1. The summed E-state index contributed by atoms with van der Waals surface area (Å²) in [5, 5.41) is 13.5. The van der Waals surface area contributed by atoms with Gasteiger partial charge in [-0.1, -0.05) is 11.6 Å². The van der Waals surface area contributed by atoms with E-state index in [4.69, 9.17) is 21.4 Å². The van der Waals surface area contributed by atoms with Crippen molar-refractivity contribution in [3.63, 3.8) is 0 Å². The van der Waals surface area contributed by atoms with Gasteiger partial charge in [-0.3, -0.25) is 0 Å². The fourth-order valence-corrected chi connectivity index (χ4v) is 3.62. The standard InChI is InChI=1S/C20H21ClN4O4S/c1-11-7-14(25-30(3,4)28)9-16-18(11)19(23-10-22-16)24-15-6-5-13(21)8-17(15)29-12(2)20(26)27/h5-10,12H,1-4H3,(H,26,27)(H,22,23,24)/t12-/m1/s1. The molecule has 1 atom stereocenters. The molecule has 0 radical (unpaired) electrons. The van der Waals surface area contributed by atoms with Crippen molar-refractivity contribution in [3.8, 4) is 5.75 Å². The maximum absolute atomic E-state index is 12.0. The highest BCUT2D eigenvalue weighted by Crippen LogP contribution is 2.35. The average molecular weight is 449 g/mol. The molecule has 8 nitrogen and oxygen atoms in total. The molecule has 0 aliphatic carbocycles. The molecule has 0 saturated heterocycles. The van der Waals surface area contributed by atoms with E-state index in [9.17, 15) is 9.00 Å². The Hall–Kier alpha value is -2.91. The summed E-state index contributed by atoms with van der Waals surface area (Å²) in [4.78, 5) is 19.8. The molecule has 0 amide bonds. The van der Waals surface area contributed by atoms with Crippen LogP contribution < -0.4 is 10.1 Å². The monoisotopic (exact) mass is 448 g/mol. The van der Waals surface area contributed by atoms with E-state index >= 15 is 0 Å². The van der Waals surface area contributed by atoms with Crippen LogP contribution in [-0.2, 0) is 14.5 Å². The lowest BCUT2D eigenvalue weighted by Gasteiger charge is -2.17. The normalized spacial score (nSPS) is 12.4. The second-order valence-corrected chi connectivity index (χ2v) is 10.00. The number of carbonyl (C=O) groups is 1. The summed E-state index contributed by atoms with van der Waals surface area (Å²) >= 11 is 6.06. The average Bonchev–Trinajstić information content (AvgIpc) is 2.62. The molecule has 3 aromatic rings. The van der Waals surface area contributed by atoms with Gasteiger partial charge in [0.1, 0.15) is 17.9 Å². The zero-order valence-corrected chi connectivity index (χ0v) is 18.4. The van der Waals surface area contributed by atoms with Crippen molar-refractivity contribution in [3.05, 3.63) is 47.2 Å². The van der Waals surface area contributed by atoms with Gasteiger partial charge in [0.25, 0.3) is 0 Å². The lowest BCUT2D eigenvalue weighted by Crippen LogP contribution is -2.23. The summed E-state index contributed by atoms with van der Waals surface area (Å²) in [6.45, 7) is 3.32. The zero-order valence-electron chi connectivity index (χ0n) is 16.8. The van der Waals surface area contributed by atoms with Crippen molar-refractivity contribution < 1.29 is 18.8 Å². The molecule has 2 N–H and O–H groups in total. The van der Waals surface area contributed by atoms with E-state index in [1.165, 1.54) is 19.3 Å². The van der Waals surface area contributed by atoms with Gasteiger partial charge in [0, 0.05) is 38.7 Å². The molecule has 2 aromatic carbocycles. The Morgan fingerprint density at radius 1 is 1.27 bits per heavy atom. The number of benzene rings is 2. The van der Waals surface area contributed by atoms with Crippen molar-refractivity contribution in [1.29, 1.82) is 0 Å². The SMILES string of the molecule is Cc1cc(N=S(C)(C)=O)cc2ncnc(Nc3ccc(Cl)cc3O[C@H](C)C(=O)O)c12. The first-order valence-corrected chi connectivity index (χ1v) is 11.6. The maximum Gasteiger partial charge on any atom is 0.344 e. The Labute approximate surface area is 179 Å². The number of aromatic nitrogens is 2. The summed E-state index contributed by atoms with van der Waals surface area (Å²) in [6, 6.07) is 8.44. The summed E-state index contributed by atoms with van der Waals surface area (Å²) in [7, 11) is -2.31. The molecule has 30 heavy (non-hydrogen) atoms. The number of hydrogen-bond donors (Lipinski definition) is 2. The molecule has 0 saturated carbocycles. The van der Waals surface area contributed by atoms with Gasteiger partial charge in [0.15, 0.2) is 6.10 Å². The van der Waals surface area contributed by atoms with Crippen LogP contribution in [-0.4, -0.2) is 43.9 Å². The molecule has 10 heteroatoms. The van der Waals surface area contributed by atoms with Gasteiger partial charge in [0.05, 0.1) is 16.9 Å². The molecular weight excluding hydrogens is 428 g/mol. The van der Waals surface area contributed by atoms with Crippen LogP contribution >= 0.6 is 11.6 Å². The Morgan fingerprint density at radius 2 is 2.00 bits per heavy atom. The fourth-order valence-electron chi connectivity index (χ4n) is 2.84. The van der Waals surface area contributed by atoms with Crippen molar-refractivity contribution in [1.82, 2.24) is 9.97 Å². The minimum absolute atomic E-state index is 0.283. The van der Waals surface area contributed by atoms with Gasteiger partial charge < -0.3 is 15.2 Å². The third-order valence-corrected chi connectivity index (χ3v) is 4.98. The van der Waals surface area contributed by atoms with E-state index in [-0.39, 0.29) is 5.75 Å². The first-order valence-electron chi connectivity index (χ1n) is 8.92. The van der Waals surface area contributed by atoms with Crippen LogP contribution in [0.15, 0.2) is 41.0 Å². The Kier molecular flexibility index (Phi) is 6.14. The van der Waals surface area contributed by atoms with Crippen LogP contribution in [0.5, 0.6) is 5.75 Å². The van der Waals surface area contributed by atoms with E-state index < -0.39 is 21.8 Å². The summed E-state index contributed by atoms with van der Waals surface area (Å²) < 4.78 is 21.8. The molecule has 1 aromatic heterocycles. The van der Waals surface area contributed by atoms with Crippen molar-refractivity contribution >= 4 is 55.4 Å². The maximum atomic E-state index is 12.0. The van der Waals surface area contributed by atoms with Gasteiger partial charge in [-0.25, -0.2) is 19.0 Å². The first kappa shape index (κ1) is 21.8. The van der Waals surface area contributed by atoms with Gasteiger partial charge in [0.2, 0.25) is 0 Å². The number of carboxylic acid groups (broad SMARTS) is 1. The molecule has 0 aliphatic heterocycles. The molecule has 0 aliphatic rings. The van der Waals surface area contributed by atoms with Crippen LogP contribution in [0.4, 0.5) is 17.2 Å². The van der Waals surface area contributed by atoms with Crippen LogP contribution in [0.1, 0.15) is 12.5 Å². The number of nitrogens with zero attached hydrogens (tertiary/aromatic N) is 3. The topological polar surface area (TPSA) is 114 Å². The molecule has 1 heterocycles. The number of hydrogen-bond acceptors (Lipinski definition) is 7. The molecule has 0 fully saturated rings. The highest BCUT2D eigenvalue weighted by molar-refractivity contribution is 7.92. The van der Waals surface area contributed by atoms with Crippen LogP contribution in [0.3, 0.4) is 0 Å². The van der Waals surface area contributed by atoms with Crippen LogP contribution in [0.2, 0.25) is 5.02 Å². The number of rotatable bonds is 6. The van der Waals surface area contributed by atoms with E-state index in [2.05, 4.69) is 19.6 Å². The lowest BCUT2D eigenvalue weighted by atomic mass is 10.1. The van der Waals surface area contributed by atoms with Crippen LogP contribution in [0, 0.1) is 6.92 Å². The van der Waals surface area contributed by atoms with Gasteiger partial charge in [-0.15, -0.1) is 0 Å². The third kappa shape index (κ3) is 5.17. The molecule has 0 unspecified atom stereocenters. The number of carboxylic acids is 1. The third-order valence-electron chi connectivity index (χ3n) is 4.09. The number of halogens is 1. The number of nitrogens with one attached hydrogen (secondary N) is 1. The molecular formula is C20H21ClN4O4S. The van der Waals surface area contributed by atoms with Crippen molar-refractivity contribution in [2.45, 2.75) is 20.0 Å². The van der Waals surface area contributed by atoms with Gasteiger partial charge >= 0.3 is 5.97 Å². The summed E-state index contributed by atoms with van der Waals surface area (Å²) in [5.74, 6) is -0.304. The number of aliphatic carboxylic acids is 1. The highest BCUT2D eigenvalue weighted by atomic mass is 35.5. The number of ether oxygens (including phenoxy) is 1. The fraction of sp³-hybridized carbons (Fsp3) is 0.250. The Balaban J connectivity index is 2.07. The summed E-state index contributed by atoms with van der Waals surface area (Å²) in [6.07, 6.45) is 3.48. The quantitative estimate of drug-likeness (QED) is 0.568. The van der Waals surface area contributed by atoms with E-state index in [1.807, 2.05) is 13.0 Å². The molecule has 0 spiro atoms. The smallest absolute Gasteiger partial charge is 0.344 e. The molecule has 3 rings (SSSR count). The number of anilines is 2. The minimum Gasteiger partial charge on any atom is -0.479 e. The predicted molar refractivity (Wildman–Crippen MR) is 119 cm³/mol. The van der Waals surface area contributed by atoms with E-state index in [0.717, 1.165) is 10.9 Å². The van der Waals surface area contributed by atoms with Crippen molar-refractivity contribution in [2.75, 3.05) is 17.8 Å². The van der Waals surface area contributed by atoms with E-state index in [1.54, 1.807) is 30.7 Å². The van der Waals surface area contributed by atoms with Crippen molar-refractivity contribution in [2.24, 2.45) is 4.36 Å². The largest absolute Gasteiger partial charge is 0.479 e. The highest BCUT2D eigenvalue weighted by Gasteiger charge is 2.17. The Morgan fingerprint density at radius 3 is 2.67 bits per heavy atom. The summed E-state index contributed by atoms with van der Waals surface area (Å²) in [5.41, 5.74) is 2.55. The van der Waals surface area contributed by atoms with E-state index in [0.29, 0.717) is 27.7 Å². The van der Waals surface area contributed by atoms with Gasteiger partial charge in [-0.05, 0) is 43.7 Å².